The molecule has 0 bridgehead atoms. The molecule has 1 aliphatic rings. The second-order valence-corrected chi connectivity index (χ2v) is 4.83. The van der Waals surface area contributed by atoms with Gasteiger partial charge in [-0.05, 0) is 37.5 Å². The second-order valence-electron chi connectivity index (χ2n) is 4.83. The third-order valence-corrected chi connectivity index (χ3v) is 3.79. The van der Waals surface area contributed by atoms with Crippen molar-refractivity contribution in [1.82, 2.24) is 14.8 Å². The summed E-state index contributed by atoms with van der Waals surface area (Å²) in [6.45, 7) is 2.10. The van der Waals surface area contributed by atoms with Gasteiger partial charge in [0.15, 0.2) is 0 Å². The van der Waals surface area contributed by atoms with Gasteiger partial charge in [-0.2, -0.15) is 5.10 Å². The lowest BCUT2D eigenvalue weighted by atomic mass is 9.89. The van der Waals surface area contributed by atoms with E-state index >= 15 is 0 Å². The van der Waals surface area contributed by atoms with Crippen molar-refractivity contribution in [3.8, 4) is 5.69 Å². The summed E-state index contributed by atoms with van der Waals surface area (Å²) in [5.74, 6) is 0. The standard InChI is InChI=1S/C13H16N4/c1-10(14)13(6-7-13)11-2-4-12(5-3-11)17-9-15-8-16-17/h2-5,8-10H,6-7,14H2,1H3. The molecule has 0 aliphatic heterocycles. The van der Waals surface area contributed by atoms with Gasteiger partial charge in [0.25, 0.3) is 0 Å². The van der Waals surface area contributed by atoms with Gasteiger partial charge in [-0.15, -0.1) is 0 Å². The minimum absolute atomic E-state index is 0.222. The van der Waals surface area contributed by atoms with E-state index in [1.54, 1.807) is 11.0 Å². The van der Waals surface area contributed by atoms with Gasteiger partial charge in [0, 0.05) is 11.5 Å². The molecule has 1 unspecified atom stereocenters. The zero-order valence-electron chi connectivity index (χ0n) is 9.87. The maximum absolute atomic E-state index is 6.07. The van der Waals surface area contributed by atoms with Gasteiger partial charge in [-0.25, -0.2) is 9.67 Å². The molecule has 3 rings (SSSR count). The first-order valence-corrected chi connectivity index (χ1v) is 5.93. The molecule has 0 spiro atoms. The van der Waals surface area contributed by atoms with E-state index in [-0.39, 0.29) is 11.5 Å². The normalized spacial score (nSPS) is 18.9. The van der Waals surface area contributed by atoms with Crippen LogP contribution in [-0.4, -0.2) is 20.8 Å². The van der Waals surface area contributed by atoms with Gasteiger partial charge in [-0.3, -0.25) is 0 Å². The average Bonchev–Trinajstić information content (AvgIpc) is 2.98. The summed E-state index contributed by atoms with van der Waals surface area (Å²) < 4.78 is 1.76. The maximum Gasteiger partial charge on any atom is 0.138 e. The highest BCUT2D eigenvalue weighted by atomic mass is 15.3. The number of rotatable bonds is 3. The van der Waals surface area contributed by atoms with Crippen molar-refractivity contribution in [2.75, 3.05) is 0 Å². The molecule has 1 atom stereocenters. The minimum atomic E-state index is 0.222. The van der Waals surface area contributed by atoms with Crippen LogP contribution in [0.25, 0.3) is 5.69 Å². The van der Waals surface area contributed by atoms with Crippen molar-refractivity contribution in [2.45, 2.75) is 31.2 Å². The van der Waals surface area contributed by atoms with Crippen LogP contribution >= 0.6 is 0 Å². The summed E-state index contributed by atoms with van der Waals surface area (Å²) in [5.41, 5.74) is 8.67. The van der Waals surface area contributed by atoms with E-state index in [0.717, 1.165) is 5.69 Å². The van der Waals surface area contributed by atoms with E-state index in [1.807, 2.05) is 0 Å². The van der Waals surface area contributed by atoms with Crippen molar-refractivity contribution >= 4 is 0 Å². The first-order chi connectivity index (χ1) is 8.22. The lowest BCUT2D eigenvalue weighted by molar-refractivity contribution is 0.556. The fraction of sp³-hybridized carbons (Fsp3) is 0.385. The van der Waals surface area contributed by atoms with E-state index in [0.29, 0.717) is 0 Å². The molecule has 88 valence electrons. The highest BCUT2D eigenvalue weighted by Gasteiger charge is 2.47. The Morgan fingerprint density at radius 1 is 1.29 bits per heavy atom. The topological polar surface area (TPSA) is 56.7 Å². The monoisotopic (exact) mass is 228 g/mol. The fourth-order valence-corrected chi connectivity index (χ4v) is 2.43. The Balaban J connectivity index is 1.91. The van der Waals surface area contributed by atoms with Crippen molar-refractivity contribution < 1.29 is 0 Å². The molecule has 1 saturated carbocycles. The highest BCUT2D eigenvalue weighted by molar-refractivity contribution is 5.40. The molecule has 1 aromatic heterocycles. The maximum atomic E-state index is 6.07. The van der Waals surface area contributed by atoms with Crippen molar-refractivity contribution in [1.29, 1.82) is 0 Å². The van der Waals surface area contributed by atoms with Gasteiger partial charge in [0.05, 0.1) is 5.69 Å². The number of benzene rings is 1. The van der Waals surface area contributed by atoms with Crippen molar-refractivity contribution in [3.63, 3.8) is 0 Å². The van der Waals surface area contributed by atoms with Crippen LogP contribution in [0.5, 0.6) is 0 Å². The summed E-state index contributed by atoms with van der Waals surface area (Å²) in [4.78, 5) is 3.94. The zero-order chi connectivity index (χ0) is 11.9. The molecule has 1 heterocycles. The molecule has 0 saturated heterocycles. The Labute approximate surface area is 100 Å². The van der Waals surface area contributed by atoms with Gasteiger partial charge in [0.1, 0.15) is 12.7 Å². The van der Waals surface area contributed by atoms with Gasteiger partial charge in [-0.1, -0.05) is 12.1 Å². The van der Waals surface area contributed by atoms with E-state index in [4.69, 9.17) is 5.73 Å². The quantitative estimate of drug-likeness (QED) is 0.869. The predicted molar refractivity (Wildman–Crippen MR) is 65.9 cm³/mol. The molecule has 17 heavy (non-hydrogen) atoms. The van der Waals surface area contributed by atoms with Crippen LogP contribution in [0.3, 0.4) is 0 Å². The number of nitrogens with two attached hydrogens (primary N) is 1. The molecule has 4 nitrogen and oxygen atoms in total. The van der Waals surface area contributed by atoms with Crippen molar-refractivity contribution in [2.24, 2.45) is 5.73 Å². The van der Waals surface area contributed by atoms with E-state index in [9.17, 15) is 0 Å². The minimum Gasteiger partial charge on any atom is -0.327 e. The molecular weight excluding hydrogens is 212 g/mol. The largest absolute Gasteiger partial charge is 0.327 e. The van der Waals surface area contributed by atoms with E-state index < -0.39 is 0 Å². The Morgan fingerprint density at radius 2 is 2.00 bits per heavy atom. The Morgan fingerprint density at radius 3 is 2.47 bits per heavy atom. The summed E-state index contributed by atoms with van der Waals surface area (Å²) in [7, 11) is 0. The molecule has 1 fully saturated rings. The van der Waals surface area contributed by atoms with Gasteiger partial charge >= 0.3 is 0 Å². The summed E-state index contributed by atoms with van der Waals surface area (Å²) in [6, 6.07) is 8.69. The van der Waals surface area contributed by atoms with E-state index in [1.165, 1.54) is 24.7 Å². The Hall–Kier alpha value is -1.68. The lowest BCUT2D eigenvalue weighted by Crippen LogP contribution is -2.31. The average molecular weight is 228 g/mol. The summed E-state index contributed by atoms with van der Waals surface area (Å²) in [6.07, 6.45) is 5.65. The zero-order valence-corrected chi connectivity index (χ0v) is 9.87. The lowest BCUT2D eigenvalue weighted by Gasteiger charge is -2.20. The third kappa shape index (κ3) is 1.65. The van der Waals surface area contributed by atoms with E-state index in [2.05, 4.69) is 41.3 Å². The molecule has 4 heteroatoms. The third-order valence-electron chi connectivity index (χ3n) is 3.79. The number of hydrogen-bond donors (Lipinski definition) is 1. The predicted octanol–water partition coefficient (Wildman–Crippen LogP) is 1.65. The molecule has 1 aromatic carbocycles. The second kappa shape index (κ2) is 3.67. The fourth-order valence-electron chi connectivity index (χ4n) is 2.43. The van der Waals surface area contributed by atoms with Crippen molar-refractivity contribution in [3.05, 3.63) is 42.5 Å². The summed E-state index contributed by atoms with van der Waals surface area (Å²) in [5, 5.41) is 4.11. The number of aromatic nitrogens is 3. The first kappa shape index (κ1) is 10.5. The van der Waals surface area contributed by atoms with Crippen LogP contribution in [0.15, 0.2) is 36.9 Å². The first-order valence-electron chi connectivity index (χ1n) is 5.93. The Kier molecular flexibility index (Phi) is 2.26. The molecule has 1 aliphatic carbocycles. The number of nitrogens with zero attached hydrogens (tertiary/aromatic N) is 3. The SMILES string of the molecule is CC(N)C1(c2ccc(-n3cncn3)cc2)CC1. The Bertz CT molecular complexity index is 495. The highest BCUT2D eigenvalue weighted by Crippen LogP contribution is 2.50. The van der Waals surface area contributed by atoms with Gasteiger partial charge in [0.2, 0.25) is 0 Å². The molecular formula is C13H16N4. The molecule has 2 N–H and O–H groups in total. The van der Waals surface area contributed by atoms with Crippen LogP contribution in [0.4, 0.5) is 0 Å². The summed E-state index contributed by atoms with van der Waals surface area (Å²) >= 11 is 0. The molecule has 0 amide bonds. The molecule has 2 aromatic rings. The van der Waals surface area contributed by atoms with Crippen LogP contribution in [-0.2, 0) is 5.41 Å². The number of hydrogen-bond acceptors (Lipinski definition) is 3. The smallest absolute Gasteiger partial charge is 0.138 e. The van der Waals surface area contributed by atoms with Crippen LogP contribution in [0, 0.1) is 0 Å². The van der Waals surface area contributed by atoms with Gasteiger partial charge < -0.3 is 5.73 Å². The van der Waals surface area contributed by atoms with Crippen LogP contribution < -0.4 is 5.73 Å². The van der Waals surface area contributed by atoms with Crippen LogP contribution in [0.1, 0.15) is 25.3 Å². The van der Waals surface area contributed by atoms with Crippen LogP contribution in [0.2, 0.25) is 0 Å². The molecule has 0 radical (unpaired) electrons.